The summed E-state index contributed by atoms with van der Waals surface area (Å²) in [5, 5.41) is 0. The van der Waals surface area contributed by atoms with Crippen molar-refractivity contribution < 1.29 is 17.9 Å². The van der Waals surface area contributed by atoms with Crippen LogP contribution in [0, 0.1) is 6.92 Å². The summed E-state index contributed by atoms with van der Waals surface area (Å²) in [6.07, 6.45) is 0. The molecule has 108 valence electrons. The molecule has 0 bridgehead atoms. The maximum atomic E-state index is 12.3. The zero-order chi connectivity index (χ0) is 14.8. The van der Waals surface area contributed by atoms with Crippen molar-refractivity contribution in [2.24, 2.45) is 0 Å². The van der Waals surface area contributed by atoms with Crippen molar-refractivity contribution in [3.63, 3.8) is 0 Å². The van der Waals surface area contributed by atoms with Crippen LogP contribution in [-0.2, 0) is 19.6 Å². The molecule has 0 fully saturated rings. The number of nitrogens with one attached hydrogen (secondary N) is 1. The van der Waals surface area contributed by atoms with Crippen LogP contribution in [-0.4, -0.2) is 36.3 Å². The van der Waals surface area contributed by atoms with Crippen LogP contribution in [0.15, 0.2) is 17.0 Å². The number of nitrogens with zero attached hydrogens (tertiary/aromatic N) is 2. The third-order valence-electron chi connectivity index (χ3n) is 2.56. The smallest absolute Gasteiger partial charge is 0.321 e. The van der Waals surface area contributed by atoms with E-state index in [1.54, 1.807) is 26.0 Å². The molecule has 0 saturated carbocycles. The van der Waals surface area contributed by atoms with Crippen LogP contribution in [0.1, 0.15) is 12.5 Å². The number of fused-ring (bicyclic) bond motifs is 1. The van der Waals surface area contributed by atoms with Crippen molar-refractivity contribution >= 4 is 38.8 Å². The molecule has 0 radical (unpaired) electrons. The Kier molecular flexibility index (Phi) is 4.31. The molecule has 0 amide bonds. The lowest BCUT2D eigenvalue weighted by molar-refractivity contribution is -0.141. The van der Waals surface area contributed by atoms with Crippen molar-refractivity contribution in [2.75, 3.05) is 13.2 Å². The van der Waals surface area contributed by atoms with Crippen LogP contribution in [0.4, 0.5) is 0 Å². The SMILES string of the molecule is CCOC(=O)CNS(=O)(=O)c1c(C)ccc2nsnc12. The van der Waals surface area contributed by atoms with E-state index in [0.29, 0.717) is 16.6 Å². The highest BCUT2D eigenvalue weighted by Gasteiger charge is 2.23. The van der Waals surface area contributed by atoms with Gasteiger partial charge >= 0.3 is 5.97 Å². The van der Waals surface area contributed by atoms with Crippen molar-refractivity contribution in [1.29, 1.82) is 0 Å². The molecular weight excluding hydrogens is 302 g/mol. The number of benzene rings is 1. The minimum absolute atomic E-state index is 0.0491. The number of carbonyl (C=O) groups is 1. The van der Waals surface area contributed by atoms with Crippen molar-refractivity contribution in [1.82, 2.24) is 13.5 Å². The van der Waals surface area contributed by atoms with Gasteiger partial charge in [-0.2, -0.15) is 13.5 Å². The molecule has 1 aromatic heterocycles. The zero-order valence-corrected chi connectivity index (χ0v) is 12.5. The van der Waals surface area contributed by atoms with Crippen LogP contribution in [0.3, 0.4) is 0 Å². The summed E-state index contributed by atoms with van der Waals surface area (Å²) in [6, 6.07) is 3.36. The van der Waals surface area contributed by atoms with E-state index in [0.717, 1.165) is 11.7 Å². The largest absolute Gasteiger partial charge is 0.465 e. The van der Waals surface area contributed by atoms with Gasteiger partial charge in [0.1, 0.15) is 22.5 Å². The first-order chi connectivity index (χ1) is 9.45. The Bertz CT molecular complexity index is 739. The van der Waals surface area contributed by atoms with Gasteiger partial charge in [0.05, 0.1) is 18.3 Å². The van der Waals surface area contributed by atoms with E-state index in [1.165, 1.54) is 0 Å². The van der Waals surface area contributed by atoms with E-state index >= 15 is 0 Å². The molecule has 0 atom stereocenters. The molecule has 1 heterocycles. The maximum absolute atomic E-state index is 12.3. The summed E-state index contributed by atoms with van der Waals surface area (Å²) < 4.78 is 39.5. The predicted octanol–water partition coefficient (Wildman–Crippen LogP) is 0.841. The highest BCUT2D eigenvalue weighted by atomic mass is 32.2. The number of esters is 1. The second kappa shape index (κ2) is 5.81. The molecule has 7 nitrogen and oxygen atoms in total. The Labute approximate surface area is 120 Å². The number of hydrogen-bond acceptors (Lipinski definition) is 7. The van der Waals surface area contributed by atoms with E-state index in [4.69, 9.17) is 0 Å². The number of carbonyl (C=O) groups excluding carboxylic acids is 1. The van der Waals surface area contributed by atoms with Gasteiger partial charge in [-0.3, -0.25) is 4.79 Å². The fourth-order valence-corrected chi connectivity index (χ4v) is 3.66. The summed E-state index contributed by atoms with van der Waals surface area (Å²) in [5.74, 6) is -0.627. The van der Waals surface area contributed by atoms with E-state index in [2.05, 4.69) is 18.2 Å². The third kappa shape index (κ3) is 2.94. The normalized spacial score (nSPS) is 11.7. The molecule has 0 unspecified atom stereocenters. The van der Waals surface area contributed by atoms with Crippen LogP contribution in [0.5, 0.6) is 0 Å². The molecule has 9 heteroatoms. The highest BCUT2D eigenvalue weighted by Crippen LogP contribution is 2.24. The predicted molar refractivity (Wildman–Crippen MR) is 74.0 cm³/mol. The van der Waals surface area contributed by atoms with Gasteiger partial charge < -0.3 is 4.74 Å². The first kappa shape index (κ1) is 14.8. The highest BCUT2D eigenvalue weighted by molar-refractivity contribution is 7.89. The number of aromatic nitrogens is 2. The van der Waals surface area contributed by atoms with Crippen LogP contribution >= 0.6 is 11.7 Å². The molecule has 2 rings (SSSR count). The van der Waals surface area contributed by atoms with E-state index in [9.17, 15) is 13.2 Å². The second-order valence-electron chi connectivity index (χ2n) is 3.97. The van der Waals surface area contributed by atoms with Gasteiger partial charge in [0.2, 0.25) is 10.0 Å². The number of ether oxygens (including phenoxy) is 1. The molecule has 1 aromatic carbocycles. The van der Waals surface area contributed by atoms with Crippen LogP contribution < -0.4 is 4.72 Å². The molecule has 0 aliphatic rings. The summed E-state index contributed by atoms with van der Waals surface area (Å²) in [4.78, 5) is 11.3. The van der Waals surface area contributed by atoms with Crippen molar-refractivity contribution in [2.45, 2.75) is 18.7 Å². The topological polar surface area (TPSA) is 98.2 Å². The minimum atomic E-state index is -3.85. The lowest BCUT2D eigenvalue weighted by Gasteiger charge is -2.09. The van der Waals surface area contributed by atoms with Gasteiger partial charge in [0.15, 0.2) is 0 Å². The van der Waals surface area contributed by atoms with Gasteiger partial charge in [-0.1, -0.05) is 6.07 Å². The monoisotopic (exact) mass is 315 g/mol. The van der Waals surface area contributed by atoms with E-state index in [1.807, 2.05) is 0 Å². The number of hydrogen-bond donors (Lipinski definition) is 1. The zero-order valence-electron chi connectivity index (χ0n) is 10.9. The molecular formula is C11H13N3O4S2. The van der Waals surface area contributed by atoms with Crippen molar-refractivity contribution in [3.05, 3.63) is 17.7 Å². The first-order valence-electron chi connectivity index (χ1n) is 5.83. The summed E-state index contributed by atoms with van der Waals surface area (Å²) >= 11 is 0.941. The average Bonchev–Trinajstić information content (AvgIpc) is 2.84. The molecule has 2 aromatic rings. The molecule has 0 spiro atoms. The second-order valence-corrected chi connectivity index (χ2v) is 6.21. The standard InChI is InChI=1S/C11H13N3O4S2/c1-3-18-9(15)6-12-20(16,17)11-7(2)4-5-8-10(11)14-19-13-8/h4-5,12H,3,6H2,1-2H3. The average molecular weight is 315 g/mol. The Morgan fingerprint density at radius 2 is 2.15 bits per heavy atom. The lowest BCUT2D eigenvalue weighted by atomic mass is 10.2. The fraction of sp³-hybridized carbons (Fsp3) is 0.364. The van der Waals surface area contributed by atoms with Crippen LogP contribution in [0.25, 0.3) is 11.0 Å². The quantitative estimate of drug-likeness (QED) is 0.821. The Balaban J connectivity index is 2.34. The Hall–Kier alpha value is -1.58. The summed E-state index contributed by atoms with van der Waals surface area (Å²) in [6.45, 7) is 3.10. The number of aryl methyl sites for hydroxylation is 1. The van der Waals surface area contributed by atoms with Crippen LogP contribution in [0.2, 0.25) is 0 Å². The van der Waals surface area contributed by atoms with Crippen molar-refractivity contribution in [3.8, 4) is 0 Å². The molecule has 0 saturated heterocycles. The summed E-state index contributed by atoms with van der Waals surface area (Å²) in [7, 11) is -3.85. The number of sulfonamides is 1. The van der Waals surface area contributed by atoms with Gasteiger partial charge in [-0.25, -0.2) is 8.42 Å². The van der Waals surface area contributed by atoms with E-state index in [-0.39, 0.29) is 11.5 Å². The van der Waals surface area contributed by atoms with Gasteiger partial charge in [0, 0.05) is 0 Å². The first-order valence-corrected chi connectivity index (χ1v) is 8.04. The summed E-state index contributed by atoms with van der Waals surface area (Å²) in [5.41, 5.74) is 1.37. The van der Waals surface area contributed by atoms with Gasteiger partial charge in [-0.05, 0) is 25.5 Å². The maximum Gasteiger partial charge on any atom is 0.321 e. The minimum Gasteiger partial charge on any atom is -0.465 e. The number of rotatable bonds is 5. The van der Waals surface area contributed by atoms with Gasteiger partial charge in [0.25, 0.3) is 0 Å². The third-order valence-corrected chi connectivity index (χ3v) is 4.68. The fourth-order valence-electron chi connectivity index (χ4n) is 1.71. The molecule has 20 heavy (non-hydrogen) atoms. The Morgan fingerprint density at radius 3 is 2.85 bits per heavy atom. The van der Waals surface area contributed by atoms with E-state index < -0.39 is 22.5 Å². The lowest BCUT2D eigenvalue weighted by Crippen LogP contribution is -2.31. The Morgan fingerprint density at radius 1 is 1.40 bits per heavy atom. The molecule has 0 aliphatic heterocycles. The molecule has 1 N–H and O–H groups in total. The molecule has 0 aliphatic carbocycles. The van der Waals surface area contributed by atoms with Gasteiger partial charge in [-0.15, -0.1) is 0 Å².